The number of ether oxygens (including phenoxy) is 1. The predicted octanol–water partition coefficient (Wildman–Crippen LogP) is 3.00. The Bertz CT molecular complexity index is 930. The van der Waals surface area contributed by atoms with Crippen molar-refractivity contribution in [3.63, 3.8) is 0 Å². The summed E-state index contributed by atoms with van der Waals surface area (Å²) in [4.78, 5) is 29.3. The van der Waals surface area contributed by atoms with E-state index in [1.165, 1.54) is 11.3 Å². The molecule has 2 heterocycles. The average molecular weight is 422 g/mol. The van der Waals surface area contributed by atoms with Crippen LogP contribution >= 0.6 is 0 Å². The molecular formula is C25H31N3O3. The standard InChI is InChI=1S/C25H31N3O3/c1-31-23-10-5-3-8-20(23)17-28-18-21(11-12-24(28)29)25(30)26-14-6-15-27-16-13-19-7-2-4-9-22(19)27/h2-5,7-10,21H,6,11-18H2,1H3,(H,26,30)/t21-/m1/s1. The number of carbonyl (C=O) groups excluding carboxylic acids is 2. The molecule has 2 aromatic rings. The highest BCUT2D eigenvalue weighted by Gasteiger charge is 2.30. The van der Waals surface area contributed by atoms with Crippen molar-refractivity contribution in [2.75, 3.05) is 38.2 Å². The smallest absolute Gasteiger partial charge is 0.224 e. The fraction of sp³-hybridized carbons (Fsp3) is 0.440. The summed E-state index contributed by atoms with van der Waals surface area (Å²) in [6.07, 6.45) is 3.04. The maximum absolute atomic E-state index is 12.7. The quantitative estimate of drug-likeness (QED) is 0.666. The van der Waals surface area contributed by atoms with Crippen LogP contribution in [0.5, 0.6) is 5.75 Å². The normalized spacial score (nSPS) is 18.1. The van der Waals surface area contributed by atoms with Gasteiger partial charge >= 0.3 is 0 Å². The lowest BCUT2D eigenvalue weighted by Gasteiger charge is -2.32. The number of anilines is 1. The highest BCUT2D eigenvalue weighted by Crippen LogP contribution is 2.27. The van der Waals surface area contributed by atoms with Crippen LogP contribution in [0.25, 0.3) is 0 Å². The van der Waals surface area contributed by atoms with Gasteiger partial charge in [-0.1, -0.05) is 36.4 Å². The van der Waals surface area contributed by atoms with E-state index < -0.39 is 0 Å². The third-order valence-corrected chi connectivity index (χ3v) is 6.31. The molecule has 1 atom stereocenters. The summed E-state index contributed by atoms with van der Waals surface area (Å²) in [6.45, 7) is 3.59. The molecular weight excluding hydrogens is 390 g/mol. The van der Waals surface area contributed by atoms with Crippen LogP contribution in [-0.2, 0) is 22.6 Å². The van der Waals surface area contributed by atoms with Gasteiger partial charge in [-0.15, -0.1) is 0 Å². The number of para-hydroxylation sites is 2. The molecule has 0 radical (unpaired) electrons. The van der Waals surface area contributed by atoms with Gasteiger partial charge in [0.1, 0.15) is 5.75 Å². The summed E-state index contributed by atoms with van der Waals surface area (Å²) in [7, 11) is 1.63. The van der Waals surface area contributed by atoms with E-state index >= 15 is 0 Å². The van der Waals surface area contributed by atoms with Gasteiger partial charge in [0.15, 0.2) is 0 Å². The zero-order valence-corrected chi connectivity index (χ0v) is 18.2. The highest BCUT2D eigenvalue weighted by molar-refractivity contribution is 5.83. The number of nitrogens with zero attached hydrogens (tertiary/aromatic N) is 2. The molecule has 0 aliphatic carbocycles. The summed E-state index contributed by atoms with van der Waals surface area (Å²) in [5.74, 6) is 0.771. The van der Waals surface area contributed by atoms with E-state index in [4.69, 9.17) is 4.74 Å². The zero-order valence-electron chi connectivity index (χ0n) is 18.2. The summed E-state index contributed by atoms with van der Waals surface area (Å²) in [5.41, 5.74) is 3.70. The van der Waals surface area contributed by atoms with E-state index in [0.29, 0.717) is 32.5 Å². The van der Waals surface area contributed by atoms with Crippen molar-refractivity contribution < 1.29 is 14.3 Å². The fourth-order valence-corrected chi connectivity index (χ4v) is 4.59. The van der Waals surface area contributed by atoms with Crippen molar-refractivity contribution in [3.8, 4) is 5.75 Å². The molecule has 4 rings (SSSR count). The zero-order chi connectivity index (χ0) is 21.6. The molecule has 2 amide bonds. The maximum Gasteiger partial charge on any atom is 0.224 e. The Morgan fingerprint density at radius 3 is 2.77 bits per heavy atom. The van der Waals surface area contributed by atoms with E-state index in [1.807, 2.05) is 24.3 Å². The third kappa shape index (κ3) is 5.01. The first-order valence-electron chi connectivity index (χ1n) is 11.2. The molecule has 0 spiro atoms. The average Bonchev–Trinajstić information content (AvgIpc) is 3.21. The monoisotopic (exact) mass is 421 g/mol. The largest absolute Gasteiger partial charge is 0.496 e. The molecule has 2 aliphatic heterocycles. The first kappa shape index (κ1) is 21.2. The van der Waals surface area contributed by atoms with Crippen molar-refractivity contribution in [1.29, 1.82) is 0 Å². The second-order valence-electron chi connectivity index (χ2n) is 8.33. The van der Waals surface area contributed by atoms with Crippen LogP contribution in [0.1, 0.15) is 30.4 Å². The van der Waals surface area contributed by atoms with Gasteiger partial charge in [-0.2, -0.15) is 0 Å². The van der Waals surface area contributed by atoms with Crippen LogP contribution < -0.4 is 15.0 Å². The summed E-state index contributed by atoms with van der Waals surface area (Å²) in [5, 5.41) is 3.09. The Morgan fingerprint density at radius 2 is 1.90 bits per heavy atom. The van der Waals surface area contributed by atoms with Gasteiger partial charge in [-0.05, 0) is 37.0 Å². The van der Waals surface area contributed by atoms with Crippen molar-refractivity contribution >= 4 is 17.5 Å². The van der Waals surface area contributed by atoms with Gasteiger partial charge < -0.3 is 19.9 Å². The molecule has 2 aromatic carbocycles. The van der Waals surface area contributed by atoms with Gasteiger partial charge in [-0.3, -0.25) is 9.59 Å². The SMILES string of the molecule is COc1ccccc1CN1C[C@H](C(=O)NCCCN2CCc3ccccc32)CCC1=O. The maximum atomic E-state index is 12.7. The number of amides is 2. The molecule has 0 aromatic heterocycles. The Kier molecular flexibility index (Phi) is 6.75. The van der Waals surface area contributed by atoms with Crippen LogP contribution in [-0.4, -0.2) is 50.0 Å². The minimum atomic E-state index is -0.153. The molecule has 164 valence electrons. The summed E-state index contributed by atoms with van der Waals surface area (Å²) >= 11 is 0. The van der Waals surface area contributed by atoms with Gasteiger partial charge in [0.25, 0.3) is 0 Å². The van der Waals surface area contributed by atoms with E-state index in [1.54, 1.807) is 12.0 Å². The topological polar surface area (TPSA) is 61.9 Å². The lowest BCUT2D eigenvalue weighted by molar-refractivity contribution is -0.138. The van der Waals surface area contributed by atoms with Crippen LogP contribution in [0, 0.1) is 5.92 Å². The molecule has 6 heteroatoms. The van der Waals surface area contributed by atoms with Crippen molar-refractivity contribution in [2.45, 2.75) is 32.2 Å². The second kappa shape index (κ2) is 9.86. The van der Waals surface area contributed by atoms with Gasteiger partial charge in [-0.25, -0.2) is 0 Å². The molecule has 1 fully saturated rings. The Balaban J connectivity index is 1.24. The number of hydrogen-bond donors (Lipinski definition) is 1. The first-order chi connectivity index (χ1) is 15.2. The van der Waals surface area contributed by atoms with Gasteiger partial charge in [0.2, 0.25) is 11.8 Å². The number of nitrogens with one attached hydrogen (secondary N) is 1. The number of fused-ring (bicyclic) bond motifs is 1. The van der Waals surface area contributed by atoms with Crippen molar-refractivity contribution in [1.82, 2.24) is 10.2 Å². The lowest BCUT2D eigenvalue weighted by atomic mass is 9.96. The predicted molar refractivity (Wildman–Crippen MR) is 121 cm³/mol. The van der Waals surface area contributed by atoms with E-state index in [0.717, 1.165) is 37.2 Å². The van der Waals surface area contributed by atoms with Crippen molar-refractivity contribution in [2.24, 2.45) is 5.92 Å². The molecule has 0 saturated carbocycles. The molecule has 31 heavy (non-hydrogen) atoms. The van der Waals surface area contributed by atoms with E-state index in [9.17, 15) is 9.59 Å². The molecule has 2 aliphatic rings. The van der Waals surface area contributed by atoms with Gasteiger partial charge in [0.05, 0.1) is 13.0 Å². The number of benzene rings is 2. The number of methoxy groups -OCH3 is 1. The minimum absolute atomic E-state index is 0.0550. The molecule has 0 bridgehead atoms. The molecule has 1 N–H and O–H groups in total. The van der Waals surface area contributed by atoms with E-state index in [2.05, 4.69) is 34.5 Å². The Labute approximate surface area is 184 Å². The number of hydrogen-bond acceptors (Lipinski definition) is 4. The number of piperidine rings is 1. The van der Waals surface area contributed by atoms with Gasteiger partial charge in [0, 0.05) is 50.4 Å². The third-order valence-electron chi connectivity index (χ3n) is 6.31. The molecule has 0 unspecified atom stereocenters. The Hall–Kier alpha value is -3.02. The van der Waals surface area contributed by atoms with Crippen LogP contribution in [0.3, 0.4) is 0 Å². The second-order valence-corrected chi connectivity index (χ2v) is 8.33. The Morgan fingerprint density at radius 1 is 1.10 bits per heavy atom. The van der Waals surface area contributed by atoms with Crippen LogP contribution in [0.4, 0.5) is 5.69 Å². The molecule has 6 nitrogen and oxygen atoms in total. The lowest BCUT2D eigenvalue weighted by Crippen LogP contribution is -2.45. The van der Waals surface area contributed by atoms with Crippen LogP contribution in [0.2, 0.25) is 0 Å². The summed E-state index contributed by atoms with van der Waals surface area (Å²) in [6, 6.07) is 16.3. The number of rotatable bonds is 8. The van der Waals surface area contributed by atoms with E-state index in [-0.39, 0.29) is 17.7 Å². The fourth-order valence-electron chi connectivity index (χ4n) is 4.59. The molecule has 1 saturated heterocycles. The summed E-state index contributed by atoms with van der Waals surface area (Å²) < 4.78 is 5.40. The highest BCUT2D eigenvalue weighted by atomic mass is 16.5. The first-order valence-corrected chi connectivity index (χ1v) is 11.2. The van der Waals surface area contributed by atoms with Crippen molar-refractivity contribution in [3.05, 3.63) is 59.7 Å². The minimum Gasteiger partial charge on any atom is -0.496 e. The van der Waals surface area contributed by atoms with Crippen LogP contribution in [0.15, 0.2) is 48.5 Å². The number of likely N-dealkylation sites (tertiary alicyclic amines) is 1. The number of carbonyl (C=O) groups is 2.